The van der Waals surface area contributed by atoms with Gasteiger partial charge in [-0.1, -0.05) is 32.0 Å². The standard InChI is InChI=1S/C19H26N2O2.ClH/c1-3-20(4-2)12-14(22)13-21-17-10-6-5-8-15(17)16-9-7-11-18(23)19(16)21;/h5-6,8,10,14,22H,3-4,7,9,11-13H2,1-2H3;1H. The van der Waals surface area contributed by atoms with Crippen molar-refractivity contribution in [2.24, 2.45) is 0 Å². The minimum atomic E-state index is -0.468. The van der Waals surface area contributed by atoms with Crippen LogP contribution in [0.25, 0.3) is 10.9 Å². The van der Waals surface area contributed by atoms with E-state index in [1.807, 2.05) is 12.1 Å². The number of aryl methyl sites for hydroxylation is 1. The topological polar surface area (TPSA) is 45.5 Å². The van der Waals surface area contributed by atoms with Crippen molar-refractivity contribution in [1.82, 2.24) is 9.47 Å². The summed E-state index contributed by atoms with van der Waals surface area (Å²) in [6, 6.07) is 8.19. The molecule has 1 heterocycles. The van der Waals surface area contributed by atoms with E-state index in [9.17, 15) is 9.90 Å². The Morgan fingerprint density at radius 3 is 2.62 bits per heavy atom. The lowest BCUT2D eigenvalue weighted by Gasteiger charge is -2.23. The molecule has 0 radical (unpaired) electrons. The first-order valence-corrected chi connectivity index (χ1v) is 8.69. The highest BCUT2D eigenvalue weighted by atomic mass is 35.5. The summed E-state index contributed by atoms with van der Waals surface area (Å²) in [7, 11) is 0. The number of hydrogen-bond acceptors (Lipinski definition) is 3. The van der Waals surface area contributed by atoms with Crippen molar-refractivity contribution in [1.29, 1.82) is 0 Å². The van der Waals surface area contributed by atoms with Gasteiger partial charge in [-0.05, 0) is 37.6 Å². The van der Waals surface area contributed by atoms with Crippen LogP contribution >= 0.6 is 12.4 Å². The first-order valence-electron chi connectivity index (χ1n) is 8.69. The van der Waals surface area contributed by atoms with E-state index >= 15 is 0 Å². The van der Waals surface area contributed by atoms with Crippen LogP contribution in [0.1, 0.15) is 42.7 Å². The van der Waals surface area contributed by atoms with E-state index in [0.717, 1.165) is 37.1 Å². The van der Waals surface area contributed by atoms with E-state index in [2.05, 4.69) is 35.4 Å². The van der Waals surface area contributed by atoms with Gasteiger partial charge in [0.1, 0.15) is 0 Å². The van der Waals surface area contributed by atoms with Gasteiger partial charge in [-0.3, -0.25) is 4.79 Å². The number of carbonyl (C=O) groups excluding carboxylic acids is 1. The summed E-state index contributed by atoms with van der Waals surface area (Å²) in [6.45, 7) is 7.19. The quantitative estimate of drug-likeness (QED) is 0.869. The van der Waals surface area contributed by atoms with E-state index in [1.165, 1.54) is 10.9 Å². The molecule has 0 aliphatic heterocycles. The van der Waals surface area contributed by atoms with Crippen LogP contribution in [0, 0.1) is 0 Å². The number of fused-ring (bicyclic) bond motifs is 3. The number of aromatic nitrogens is 1. The van der Waals surface area contributed by atoms with Gasteiger partial charge in [-0.25, -0.2) is 0 Å². The molecular weight excluding hydrogens is 324 g/mol. The maximum atomic E-state index is 12.5. The molecule has 1 aromatic heterocycles. The zero-order valence-electron chi connectivity index (χ0n) is 14.5. The Morgan fingerprint density at radius 2 is 1.92 bits per heavy atom. The lowest BCUT2D eigenvalue weighted by molar-refractivity contribution is 0.0930. The first kappa shape index (κ1) is 19.0. The van der Waals surface area contributed by atoms with Gasteiger partial charge in [0.25, 0.3) is 0 Å². The van der Waals surface area contributed by atoms with Gasteiger partial charge in [0.15, 0.2) is 5.78 Å². The molecule has 1 N–H and O–H groups in total. The van der Waals surface area contributed by atoms with Gasteiger partial charge in [-0.15, -0.1) is 12.4 Å². The van der Waals surface area contributed by atoms with Crippen LogP contribution in [-0.2, 0) is 13.0 Å². The average Bonchev–Trinajstić information content (AvgIpc) is 2.88. The molecule has 0 saturated heterocycles. The molecule has 0 spiro atoms. The number of Topliss-reactive ketones (excluding diaryl/α,β-unsaturated/α-hetero) is 1. The van der Waals surface area contributed by atoms with Crippen molar-refractivity contribution in [2.75, 3.05) is 19.6 Å². The number of hydrogen-bond donors (Lipinski definition) is 1. The van der Waals surface area contributed by atoms with Crippen molar-refractivity contribution in [3.05, 3.63) is 35.5 Å². The number of ketones is 1. The fourth-order valence-corrected chi connectivity index (χ4v) is 3.73. The molecule has 2 aromatic rings. The molecule has 24 heavy (non-hydrogen) atoms. The van der Waals surface area contributed by atoms with Crippen LogP contribution in [0.4, 0.5) is 0 Å². The fraction of sp³-hybridized carbons (Fsp3) is 0.526. The van der Waals surface area contributed by atoms with E-state index < -0.39 is 6.10 Å². The number of aliphatic hydroxyl groups is 1. The Morgan fingerprint density at radius 1 is 1.21 bits per heavy atom. The summed E-state index contributed by atoms with van der Waals surface area (Å²) in [5.41, 5.74) is 3.08. The zero-order chi connectivity index (χ0) is 16.4. The van der Waals surface area contributed by atoms with Gasteiger partial charge in [0.2, 0.25) is 0 Å². The maximum absolute atomic E-state index is 12.5. The highest BCUT2D eigenvalue weighted by molar-refractivity contribution is 6.04. The fourth-order valence-electron chi connectivity index (χ4n) is 3.73. The maximum Gasteiger partial charge on any atom is 0.179 e. The average molecular weight is 351 g/mol. The highest BCUT2D eigenvalue weighted by Gasteiger charge is 2.26. The van der Waals surface area contributed by atoms with Gasteiger partial charge in [-0.2, -0.15) is 0 Å². The Labute approximate surface area is 149 Å². The Bertz CT molecular complexity index is 707. The summed E-state index contributed by atoms with van der Waals surface area (Å²) >= 11 is 0. The number of rotatable bonds is 6. The van der Waals surface area contributed by atoms with Crippen molar-refractivity contribution in [3.63, 3.8) is 0 Å². The molecule has 1 aliphatic rings. The summed E-state index contributed by atoms with van der Waals surface area (Å²) in [4.78, 5) is 14.7. The molecule has 1 aromatic carbocycles. The van der Waals surface area contributed by atoms with Crippen LogP contribution in [0.15, 0.2) is 24.3 Å². The number of likely N-dealkylation sites (N-methyl/N-ethyl adjacent to an activating group) is 1. The van der Waals surface area contributed by atoms with Crippen molar-refractivity contribution < 1.29 is 9.90 Å². The van der Waals surface area contributed by atoms with E-state index in [4.69, 9.17) is 0 Å². The second-order valence-electron chi connectivity index (χ2n) is 6.37. The Balaban J connectivity index is 0.00000208. The number of para-hydroxylation sites is 1. The van der Waals surface area contributed by atoms with Crippen LogP contribution in [0.3, 0.4) is 0 Å². The molecule has 1 unspecified atom stereocenters. The molecule has 5 heteroatoms. The molecule has 3 rings (SSSR count). The minimum absolute atomic E-state index is 0. The van der Waals surface area contributed by atoms with Crippen molar-refractivity contribution >= 4 is 29.1 Å². The van der Waals surface area contributed by atoms with E-state index in [-0.39, 0.29) is 18.2 Å². The zero-order valence-corrected chi connectivity index (χ0v) is 15.3. The molecule has 132 valence electrons. The van der Waals surface area contributed by atoms with E-state index in [1.54, 1.807) is 0 Å². The third kappa shape index (κ3) is 3.51. The largest absolute Gasteiger partial charge is 0.390 e. The predicted molar refractivity (Wildman–Crippen MR) is 100 cm³/mol. The van der Waals surface area contributed by atoms with Gasteiger partial charge < -0.3 is 14.6 Å². The number of nitrogens with zero attached hydrogens (tertiary/aromatic N) is 2. The summed E-state index contributed by atoms with van der Waals surface area (Å²) in [6.07, 6.45) is 2.04. The van der Waals surface area contributed by atoms with Gasteiger partial charge >= 0.3 is 0 Å². The summed E-state index contributed by atoms with van der Waals surface area (Å²) < 4.78 is 2.06. The van der Waals surface area contributed by atoms with Crippen LogP contribution in [0.5, 0.6) is 0 Å². The second-order valence-corrected chi connectivity index (χ2v) is 6.37. The molecule has 0 saturated carbocycles. The number of benzene rings is 1. The lowest BCUT2D eigenvalue weighted by atomic mass is 9.94. The lowest BCUT2D eigenvalue weighted by Crippen LogP contribution is -2.35. The Kier molecular flexibility index (Phi) is 6.44. The predicted octanol–water partition coefficient (Wildman–Crippen LogP) is 3.28. The summed E-state index contributed by atoms with van der Waals surface area (Å²) in [5.74, 6) is 0.220. The molecule has 1 aliphatic carbocycles. The van der Waals surface area contributed by atoms with Crippen molar-refractivity contribution in [3.8, 4) is 0 Å². The molecule has 1 atom stereocenters. The molecule has 0 amide bonds. The second kappa shape index (κ2) is 8.15. The molecule has 0 bridgehead atoms. The number of carbonyl (C=O) groups is 1. The van der Waals surface area contributed by atoms with Gasteiger partial charge in [0, 0.05) is 23.9 Å². The SMILES string of the molecule is CCN(CC)CC(O)Cn1c2c(c3ccccc31)CCCC2=O.Cl. The van der Waals surface area contributed by atoms with Crippen molar-refractivity contribution in [2.45, 2.75) is 45.8 Å². The van der Waals surface area contributed by atoms with Gasteiger partial charge in [0.05, 0.1) is 18.3 Å². The Hall–Kier alpha value is -1.36. The summed E-state index contributed by atoms with van der Waals surface area (Å²) in [5, 5.41) is 11.7. The van der Waals surface area contributed by atoms with Crippen LogP contribution in [0.2, 0.25) is 0 Å². The minimum Gasteiger partial charge on any atom is -0.390 e. The van der Waals surface area contributed by atoms with Crippen LogP contribution in [-0.4, -0.2) is 46.1 Å². The highest BCUT2D eigenvalue weighted by Crippen LogP contribution is 2.32. The first-order chi connectivity index (χ1) is 11.2. The smallest absolute Gasteiger partial charge is 0.179 e. The third-order valence-corrected chi connectivity index (χ3v) is 4.93. The monoisotopic (exact) mass is 350 g/mol. The third-order valence-electron chi connectivity index (χ3n) is 4.93. The van der Waals surface area contributed by atoms with E-state index in [0.29, 0.717) is 19.5 Å². The van der Waals surface area contributed by atoms with Crippen LogP contribution < -0.4 is 0 Å². The normalized spacial score (nSPS) is 15.4. The molecule has 4 nitrogen and oxygen atoms in total. The number of halogens is 1. The molecular formula is C19H27ClN2O2. The molecule has 0 fully saturated rings. The number of aliphatic hydroxyl groups excluding tert-OH is 1.